The number of hydrogen-bond acceptors (Lipinski definition) is 2. The number of fused-ring (bicyclic) bond motifs is 1. The molecular formula is C17H15ClN2O2. The molecule has 2 aromatic carbocycles. The molecule has 1 atom stereocenters. The van der Waals surface area contributed by atoms with Crippen molar-refractivity contribution in [3.8, 4) is 5.69 Å². The predicted molar refractivity (Wildman–Crippen MR) is 87.1 cm³/mol. The minimum atomic E-state index is -0.158. The first kappa shape index (κ1) is 13.6. The Labute approximate surface area is 132 Å². The third-order valence-electron chi connectivity index (χ3n) is 4.20. The molecule has 1 N–H and O–H groups in total. The molecule has 0 radical (unpaired) electrons. The number of imidazole rings is 1. The zero-order valence-corrected chi connectivity index (χ0v) is 12.6. The van der Waals surface area contributed by atoms with E-state index in [0.717, 1.165) is 36.4 Å². The number of H-pyrrole nitrogens is 1. The van der Waals surface area contributed by atoms with Gasteiger partial charge in [0.15, 0.2) is 0 Å². The Hall–Kier alpha value is -2.04. The van der Waals surface area contributed by atoms with E-state index in [0.29, 0.717) is 10.9 Å². The van der Waals surface area contributed by atoms with Gasteiger partial charge in [0, 0.05) is 17.5 Å². The second kappa shape index (κ2) is 5.30. The van der Waals surface area contributed by atoms with Gasteiger partial charge in [0.2, 0.25) is 0 Å². The maximum atomic E-state index is 12.2. The van der Waals surface area contributed by atoms with Crippen molar-refractivity contribution in [3.63, 3.8) is 0 Å². The fraction of sp³-hybridized carbons (Fsp3) is 0.235. The van der Waals surface area contributed by atoms with E-state index in [4.69, 9.17) is 16.3 Å². The quantitative estimate of drug-likeness (QED) is 0.787. The lowest BCUT2D eigenvalue weighted by molar-refractivity contribution is 0.194. The van der Waals surface area contributed by atoms with Gasteiger partial charge in [0.1, 0.15) is 0 Å². The summed E-state index contributed by atoms with van der Waals surface area (Å²) in [6.45, 7) is 1.61. The molecule has 1 aliphatic rings. The van der Waals surface area contributed by atoms with E-state index in [2.05, 4.69) is 17.1 Å². The Kier molecular flexibility index (Phi) is 3.28. The van der Waals surface area contributed by atoms with Crippen LogP contribution in [0.3, 0.4) is 0 Å². The van der Waals surface area contributed by atoms with Crippen LogP contribution in [-0.2, 0) is 4.74 Å². The van der Waals surface area contributed by atoms with Crippen LogP contribution in [0.5, 0.6) is 0 Å². The molecule has 1 fully saturated rings. The van der Waals surface area contributed by atoms with E-state index in [9.17, 15) is 4.79 Å². The van der Waals surface area contributed by atoms with E-state index < -0.39 is 0 Å². The van der Waals surface area contributed by atoms with Crippen molar-refractivity contribution in [2.24, 2.45) is 0 Å². The molecule has 1 aliphatic heterocycles. The van der Waals surface area contributed by atoms with E-state index in [1.165, 1.54) is 5.56 Å². The summed E-state index contributed by atoms with van der Waals surface area (Å²) in [6.07, 6.45) is 1.06. The van der Waals surface area contributed by atoms with Gasteiger partial charge in [0.25, 0.3) is 0 Å². The maximum absolute atomic E-state index is 12.2. The van der Waals surface area contributed by atoms with Gasteiger partial charge >= 0.3 is 5.69 Å². The summed E-state index contributed by atoms with van der Waals surface area (Å²) in [7, 11) is 0. The van der Waals surface area contributed by atoms with Gasteiger partial charge < -0.3 is 9.72 Å². The minimum absolute atomic E-state index is 0.158. The molecule has 1 unspecified atom stereocenters. The Bertz CT molecular complexity index is 874. The highest BCUT2D eigenvalue weighted by Crippen LogP contribution is 2.26. The van der Waals surface area contributed by atoms with Crippen LogP contribution in [0.25, 0.3) is 16.7 Å². The van der Waals surface area contributed by atoms with Crippen molar-refractivity contribution in [3.05, 3.63) is 63.5 Å². The average Bonchev–Trinajstić information content (AvgIpc) is 3.14. The first-order chi connectivity index (χ1) is 10.7. The zero-order chi connectivity index (χ0) is 15.1. The zero-order valence-electron chi connectivity index (χ0n) is 11.9. The number of ether oxygens (including phenoxy) is 1. The van der Waals surface area contributed by atoms with Crippen molar-refractivity contribution in [2.45, 2.75) is 12.3 Å². The Morgan fingerprint density at radius 3 is 2.73 bits per heavy atom. The normalized spacial score (nSPS) is 18.1. The molecule has 0 bridgehead atoms. The van der Waals surface area contributed by atoms with E-state index in [1.807, 2.05) is 18.2 Å². The summed E-state index contributed by atoms with van der Waals surface area (Å²) in [5, 5.41) is 0.611. The van der Waals surface area contributed by atoms with E-state index in [-0.39, 0.29) is 5.69 Å². The lowest BCUT2D eigenvalue weighted by Crippen LogP contribution is -2.14. The monoisotopic (exact) mass is 314 g/mol. The van der Waals surface area contributed by atoms with Crippen LogP contribution in [-0.4, -0.2) is 22.8 Å². The summed E-state index contributed by atoms with van der Waals surface area (Å²) < 4.78 is 7.08. The molecule has 0 aliphatic carbocycles. The first-order valence-electron chi connectivity index (χ1n) is 7.31. The highest BCUT2D eigenvalue weighted by atomic mass is 35.5. The topological polar surface area (TPSA) is 47.0 Å². The molecule has 2 heterocycles. The van der Waals surface area contributed by atoms with E-state index in [1.54, 1.807) is 16.7 Å². The minimum Gasteiger partial charge on any atom is -0.381 e. The number of nitrogens with zero attached hydrogens (tertiary/aromatic N) is 1. The van der Waals surface area contributed by atoms with Crippen LogP contribution >= 0.6 is 11.6 Å². The third-order valence-corrected chi connectivity index (χ3v) is 4.43. The van der Waals surface area contributed by atoms with Crippen LogP contribution in [0.15, 0.2) is 47.3 Å². The molecule has 0 spiro atoms. The van der Waals surface area contributed by atoms with Crippen molar-refractivity contribution >= 4 is 22.6 Å². The first-order valence-corrected chi connectivity index (χ1v) is 7.68. The van der Waals surface area contributed by atoms with Crippen LogP contribution in [0.1, 0.15) is 17.9 Å². The number of rotatable bonds is 2. The van der Waals surface area contributed by atoms with Crippen molar-refractivity contribution < 1.29 is 4.74 Å². The highest BCUT2D eigenvalue weighted by molar-refractivity contribution is 6.31. The van der Waals surface area contributed by atoms with Crippen LogP contribution < -0.4 is 5.69 Å². The molecule has 0 amide bonds. The largest absolute Gasteiger partial charge is 0.381 e. The van der Waals surface area contributed by atoms with Crippen molar-refractivity contribution in [1.82, 2.24) is 9.55 Å². The molecule has 4 nitrogen and oxygen atoms in total. The standard InChI is InChI=1S/C17H15ClN2O2/c18-13-3-6-15-16(9-13)20(17(21)19-15)14-4-1-11(2-5-14)12-7-8-22-10-12/h1-6,9,12H,7-8,10H2,(H,19,21). The molecule has 5 heteroatoms. The van der Waals surface area contributed by atoms with Crippen LogP contribution in [0.2, 0.25) is 5.02 Å². The Morgan fingerprint density at radius 2 is 2.00 bits per heavy atom. The molecule has 1 saturated heterocycles. The molecule has 112 valence electrons. The fourth-order valence-corrected chi connectivity index (χ4v) is 3.19. The molecular weight excluding hydrogens is 300 g/mol. The molecule has 3 aromatic rings. The van der Waals surface area contributed by atoms with Crippen LogP contribution in [0, 0.1) is 0 Å². The summed E-state index contributed by atoms with van der Waals surface area (Å²) >= 11 is 6.06. The number of nitrogens with one attached hydrogen (secondary N) is 1. The number of aromatic amines is 1. The number of halogens is 1. The maximum Gasteiger partial charge on any atom is 0.331 e. The summed E-state index contributed by atoms with van der Waals surface area (Å²) in [5.41, 5.74) is 3.50. The lowest BCUT2D eigenvalue weighted by Gasteiger charge is -2.09. The third kappa shape index (κ3) is 2.25. The summed E-state index contributed by atoms with van der Waals surface area (Å²) in [4.78, 5) is 15.1. The Balaban J connectivity index is 1.80. The molecule has 4 rings (SSSR count). The SMILES string of the molecule is O=c1[nH]c2ccc(Cl)cc2n1-c1ccc(C2CCOC2)cc1. The van der Waals surface area contributed by atoms with Gasteiger partial charge in [-0.05, 0) is 42.3 Å². The second-order valence-electron chi connectivity index (χ2n) is 5.58. The van der Waals surface area contributed by atoms with Gasteiger partial charge in [-0.15, -0.1) is 0 Å². The second-order valence-corrected chi connectivity index (χ2v) is 6.02. The highest BCUT2D eigenvalue weighted by Gasteiger charge is 2.18. The molecule has 0 saturated carbocycles. The number of hydrogen-bond donors (Lipinski definition) is 1. The Morgan fingerprint density at radius 1 is 1.18 bits per heavy atom. The van der Waals surface area contributed by atoms with Crippen molar-refractivity contribution in [1.29, 1.82) is 0 Å². The number of benzene rings is 2. The average molecular weight is 315 g/mol. The van der Waals surface area contributed by atoms with Gasteiger partial charge in [0.05, 0.1) is 23.3 Å². The van der Waals surface area contributed by atoms with Gasteiger partial charge in [-0.3, -0.25) is 4.57 Å². The lowest BCUT2D eigenvalue weighted by atomic mass is 9.98. The smallest absolute Gasteiger partial charge is 0.331 e. The van der Waals surface area contributed by atoms with Crippen molar-refractivity contribution in [2.75, 3.05) is 13.2 Å². The van der Waals surface area contributed by atoms with Crippen LogP contribution in [0.4, 0.5) is 0 Å². The summed E-state index contributed by atoms with van der Waals surface area (Å²) in [6, 6.07) is 13.5. The predicted octanol–water partition coefficient (Wildman–Crippen LogP) is 3.48. The number of aromatic nitrogens is 2. The van der Waals surface area contributed by atoms with Gasteiger partial charge in [-0.1, -0.05) is 23.7 Å². The molecule has 1 aromatic heterocycles. The van der Waals surface area contributed by atoms with Gasteiger partial charge in [-0.2, -0.15) is 0 Å². The fourth-order valence-electron chi connectivity index (χ4n) is 3.03. The molecule has 22 heavy (non-hydrogen) atoms. The van der Waals surface area contributed by atoms with Gasteiger partial charge in [-0.25, -0.2) is 4.79 Å². The van der Waals surface area contributed by atoms with E-state index >= 15 is 0 Å². The summed E-state index contributed by atoms with van der Waals surface area (Å²) in [5.74, 6) is 0.461.